The Balaban J connectivity index is 1.80. The summed E-state index contributed by atoms with van der Waals surface area (Å²) in [5.74, 6) is 0.789. The molecule has 0 radical (unpaired) electrons. The SMILES string of the molecule is CCc1ccc(C(CNC(=O)c2c(OC)cccc2OC)N2CCOCC2)cc1. The van der Waals surface area contributed by atoms with Crippen molar-refractivity contribution in [2.24, 2.45) is 0 Å². The van der Waals surface area contributed by atoms with Crippen LogP contribution in [0.2, 0.25) is 0 Å². The Morgan fingerprint density at radius 2 is 1.69 bits per heavy atom. The molecule has 1 aliphatic rings. The minimum Gasteiger partial charge on any atom is -0.496 e. The molecule has 6 nitrogen and oxygen atoms in total. The van der Waals surface area contributed by atoms with Crippen molar-refractivity contribution >= 4 is 5.91 Å². The van der Waals surface area contributed by atoms with E-state index in [1.165, 1.54) is 11.1 Å². The number of aryl methyl sites for hydroxylation is 1. The molecule has 0 spiro atoms. The van der Waals surface area contributed by atoms with Gasteiger partial charge in [-0.25, -0.2) is 0 Å². The smallest absolute Gasteiger partial charge is 0.258 e. The van der Waals surface area contributed by atoms with Crippen molar-refractivity contribution in [3.8, 4) is 11.5 Å². The number of carbonyl (C=O) groups is 1. The van der Waals surface area contributed by atoms with E-state index in [2.05, 4.69) is 41.4 Å². The summed E-state index contributed by atoms with van der Waals surface area (Å²) >= 11 is 0. The van der Waals surface area contributed by atoms with Crippen LogP contribution >= 0.6 is 0 Å². The highest BCUT2D eigenvalue weighted by Gasteiger charge is 2.25. The van der Waals surface area contributed by atoms with Crippen LogP contribution in [0.1, 0.15) is 34.5 Å². The summed E-state index contributed by atoms with van der Waals surface area (Å²) in [6.45, 7) is 5.73. The lowest BCUT2D eigenvalue weighted by atomic mass is 10.0. The normalized spacial score (nSPS) is 15.6. The van der Waals surface area contributed by atoms with Gasteiger partial charge in [0.05, 0.1) is 33.5 Å². The summed E-state index contributed by atoms with van der Waals surface area (Å²) in [7, 11) is 3.11. The predicted molar refractivity (Wildman–Crippen MR) is 113 cm³/mol. The van der Waals surface area contributed by atoms with Crippen molar-refractivity contribution in [3.63, 3.8) is 0 Å². The number of rotatable bonds is 8. The Morgan fingerprint density at radius 3 is 2.24 bits per heavy atom. The molecule has 1 heterocycles. The van der Waals surface area contributed by atoms with E-state index in [4.69, 9.17) is 14.2 Å². The van der Waals surface area contributed by atoms with Crippen LogP contribution in [-0.2, 0) is 11.2 Å². The monoisotopic (exact) mass is 398 g/mol. The van der Waals surface area contributed by atoms with Crippen molar-refractivity contribution in [2.45, 2.75) is 19.4 Å². The molecule has 1 saturated heterocycles. The van der Waals surface area contributed by atoms with Gasteiger partial charge in [0.25, 0.3) is 5.91 Å². The van der Waals surface area contributed by atoms with Crippen LogP contribution in [0.5, 0.6) is 11.5 Å². The molecular formula is C23H30N2O4. The Bertz CT molecular complexity index is 779. The molecule has 0 aliphatic carbocycles. The molecule has 3 rings (SSSR count). The van der Waals surface area contributed by atoms with Crippen LogP contribution in [0.25, 0.3) is 0 Å². The molecule has 1 N–H and O–H groups in total. The maximum Gasteiger partial charge on any atom is 0.258 e. The van der Waals surface area contributed by atoms with Crippen LogP contribution < -0.4 is 14.8 Å². The van der Waals surface area contributed by atoms with Gasteiger partial charge in [-0.05, 0) is 29.7 Å². The zero-order valence-electron chi connectivity index (χ0n) is 17.4. The summed E-state index contributed by atoms with van der Waals surface area (Å²) in [6, 6.07) is 14.1. The number of hydrogen-bond donors (Lipinski definition) is 1. The van der Waals surface area contributed by atoms with E-state index >= 15 is 0 Å². The highest BCUT2D eigenvalue weighted by Crippen LogP contribution is 2.28. The van der Waals surface area contributed by atoms with Crippen molar-refractivity contribution in [2.75, 3.05) is 47.1 Å². The van der Waals surface area contributed by atoms with Gasteiger partial charge in [0, 0.05) is 19.6 Å². The third-order valence-electron chi connectivity index (χ3n) is 5.37. The molecule has 1 aliphatic heterocycles. The fourth-order valence-corrected chi connectivity index (χ4v) is 3.68. The Hall–Kier alpha value is -2.57. The lowest BCUT2D eigenvalue weighted by Gasteiger charge is -2.35. The second-order valence-electron chi connectivity index (χ2n) is 7.01. The zero-order valence-corrected chi connectivity index (χ0v) is 17.4. The fourth-order valence-electron chi connectivity index (χ4n) is 3.68. The quantitative estimate of drug-likeness (QED) is 0.741. The highest BCUT2D eigenvalue weighted by atomic mass is 16.5. The molecule has 0 bridgehead atoms. The molecule has 156 valence electrons. The van der Waals surface area contributed by atoms with Crippen molar-refractivity contribution in [3.05, 3.63) is 59.2 Å². The molecule has 1 amide bonds. The largest absolute Gasteiger partial charge is 0.496 e. The topological polar surface area (TPSA) is 60.0 Å². The minimum absolute atomic E-state index is 0.0782. The molecule has 0 aromatic heterocycles. The van der Waals surface area contributed by atoms with Gasteiger partial charge < -0.3 is 19.5 Å². The van der Waals surface area contributed by atoms with Gasteiger partial charge in [-0.1, -0.05) is 37.3 Å². The fraction of sp³-hybridized carbons (Fsp3) is 0.435. The highest BCUT2D eigenvalue weighted by molar-refractivity contribution is 5.99. The minimum atomic E-state index is -0.206. The van der Waals surface area contributed by atoms with E-state index in [0.29, 0.717) is 36.8 Å². The molecule has 2 aromatic carbocycles. The Labute approximate surface area is 172 Å². The first-order chi connectivity index (χ1) is 14.2. The second kappa shape index (κ2) is 10.3. The maximum absolute atomic E-state index is 13.0. The van der Waals surface area contributed by atoms with Gasteiger partial charge in [-0.2, -0.15) is 0 Å². The molecular weight excluding hydrogens is 368 g/mol. The van der Waals surface area contributed by atoms with E-state index in [-0.39, 0.29) is 11.9 Å². The maximum atomic E-state index is 13.0. The first kappa shape index (κ1) is 21.1. The van der Waals surface area contributed by atoms with Crippen molar-refractivity contribution < 1.29 is 19.0 Å². The van der Waals surface area contributed by atoms with Gasteiger partial charge in [-0.15, -0.1) is 0 Å². The molecule has 0 saturated carbocycles. The van der Waals surface area contributed by atoms with Gasteiger partial charge in [0.1, 0.15) is 17.1 Å². The van der Waals surface area contributed by atoms with Crippen LogP contribution in [0.4, 0.5) is 0 Å². The van der Waals surface area contributed by atoms with Crippen LogP contribution in [-0.4, -0.2) is 57.9 Å². The summed E-state index contributed by atoms with van der Waals surface area (Å²) in [4.78, 5) is 15.4. The van der Waals surface area contributed by atoms with E-state index < -0.39 is 0 Å². The summed E-state index contributed by atoms with van der Waals surface area (Å²) in [5, 5.41) is 3.09. The summed E-state index contributed by atoms with van der Waals surface area (Å²) in [6.07, 6.45) is 1.01. The number of morpholine rings is 1. The lowest BCUT2D eigenvalue weighted by Crippen LogP contribution is -2.43. The number of benzene rings is 2. The first-order valence-electron chi connectivity index (χ1n) is 10.1. The van der Waals surface area contributed by atoms with E-state index in [1.807, 2.05) is 0 Å². The molecule has 29 heavy (non-hydrogen) atoms. The molecule has 1 unspecified atom stereocenters. The van der Waals surface area contributed by atoms with Gasteiger partial charge in [-0.3, -0.25) is 9.69 Å². The van der Waals surface area contributed by atoms with Crippen molar-refractivity contribution in [1.29, 1.82) is 0 Å². The van der Waals surface area contributed by atoms with Crippen LogP contribution in [0, 0.1) is 0 Å². The number of hydrogen-bond acceptors (Lipinski definition) is 5. The zero-order chi connectivity index (χ0) is 20.6. The summed E-state index contributed by atoms with van der Waals surface area (Å²) < 4.78 is 16.3. The number of amides is 1. The van der Waals surface area contributed by atoms with E-state index in [9.17, 15) is 4.79 Å². The average Bonchev–Trinajstić information content (AvgIpc) is 2.79. The van der Waals surface area contributed by atoms with Crippen LogP contribution in [0.3, 0.4) is 0 Å². The number of ether oxygens (including phenoxy) is 3. The van der Waals surface area contributed by atoms with E-state index in [1.54, 1.807) is 32.4 Å². The van der Waals surface area contributed by atoms with Crippen LogP contribution in [0.15, 0.2) is 42.5 Å². The number of nitrogens with one attached hydrogen (secondary N) is 1. The average molecular weight is 399 g/mol. The molecule has 2 aromatic rings. The predicted octanol–water partition coefficient (Wildman–Crippen LogP) is 3.07. The molecule has 1 atom stereocenters. The van der Waals surface area contributed by atoms with Gasteiger partial charge in [0.15, 0.2) is 0 Å². The molecule has 6 heteroatoms. The lowest BCUT2D eigenvalue weighted by molar-refractivity contribution is 0.0162. The number of nitrogens with zero attached hydrogens (tertiary/aromatic N) is 1. The van der Waals surface area contributed by atoms with Gasteiger partial charge in [0.2, 0.25) is 0 Å². The third-order valence-corrected chi connectivity index (χ3v) is 5.37. The van der Waals surface area contributed by atoms with E-state index in [0.717, 1.165) is 19.5 Å². The third kappa shape index (κ3) is 5.08. The van der Waals surface area contributed by atoms with Crippen molar-refractivity contribution in [1.82, 2.24) is 10.2 Å². The Morgan fingerprint density at radius 1 is 1.07 bits per heavy atom. The number of methoxy groups -OCH3 is 2. The first-order valence-corrected chi connectivity index (χ1v) is 10.1. The Kier molecular flexibility index (Phi) is 7.49. The summed E-state index contributed by atoms with van der Waals surface area (Å²) in [5.41, 5.74) is 2.91. The second-order valence-corrected chi connectivity index (χ2v) is 7.01. The van der Waals surface area contributed by atoms with Gasteiger partial charge >= 0.3 is 0 Å². The number of carbonyl (C=O) groups excluding carboxylic acids is 1. The standard InChI is InChI=1S/C23H30N2O4/c1-4-17-8-10-18(11-9-17)19(25-12-14-29-15-13-25)16-24-23(26)22-20(27-2)6-5-7-21(22)28-3/h5-11,19H,4,12-16H2,1-3H3,(H,24,26). The molecule has 1 fully saturated rings.